The summed E-state index contributed by atoms with van der Waals surface area (Å²) in [4.78, 5) is 13.9. The fourth-order valence-electron chi connectivity index (χ4n) is 1.31. The summed E-state index contributed by atoms with van der Waals surface area (Å²) < 4.78 is 0. The number of H-pyrrole nitrogens is 1. The minimum Gasteiger partial charge on any atom is -0.329 e. The molecule has 0 unspecified atom stereocenters. The standard InChI is InChI=1S/C10H9NO.C2H2/c1-7-2-3-9-8(6-7)4-5-11-10(9)12;1-2/h2-6H,1H3,(H,11,12);1-2H. The molecule has 2 aromatic rings. The molecule has 2 rings (SSSR count). The highest BCUT2D eigenvalue weighted by Crippen LogP contribution is 2.10. The third-order valence-corrected chi connectivity index (χ3v) is 1.93. The van der Waals surface area contributed by atoms with Gasteiger partial charge in [-0.05, 0) is 24.4 Å². The largest absolute Gasteiger partial charge is 0.329 e. The number of rotatable bonds is 0. The van der Waals surface area contributed by atoms with Crippen LogP contribution >= 0.6 is 0 Å². The summed E-state index contributed by atoms with van der Waals surface area (Å²) in [6, 6.07) is 7.70. The van der Waals surface area contributed by atoms with Crippen LogP contribution in [0, 0.1) is 19.8 Å². The molecule has 1 aromatic carbocycles. The van der Waals surface area contributed by atoms with Crippen molar-refractivity contribution in [1.82, 2.24) is 4.98 Å². The first-order chi connectivity index (χ1) is 6.77. The first-order valence-corrected chi connectivity index (χ1v) is 4.19. The highest BCUT2D eigenvalue weighted by molar-refractivity contribution is 5.81. The lowest BCUT2D eigenvalue weighted by atomic mass is 10.1. The van der Waals surface area contributed by atoms with Crippen molar-refractivity contribution in [2.45, 2.75) is 6.92 Å². The van der Waals surface area contributed by atoms with E-state index in [4.69, 9.17) is 0 Å². The fraction of sp³-hybridized carbons (Fsp3) is 0.0833. The van der Waals surface area contributed by atoms with Crippen LogP contribution in [0.15, 0.2) is 35.3 Å². The molecule has 1 heterocycles. The van der Waals surface area contributed by atoms with Gasteiger partial charge in [0.05, 0.1) is 0 Å². The van der Waals surface area contributed by atoms with E-state index in [1.165, 1.54) is 5.56 Å². The Hall–Kier alpha value is -2.01. The van der Waals surface area contributed by atoms with Crippen LogP contribution in [-0.4, -0.2) is 4.98 Å². The van der Waals surface area contributed by atoms with Crippen LogP contribution in [0.3, 0.4) is 0 Å². The molecule has 0 radical (unpaired) electrons. The van der Waals surface area contributed by atoms with Gasteiger partial charge in [-0.3, -0.25) is 4.79 Å². The van der Waals surface area contributed by atoms with Crippen LogP contribution in [0.1, 0.15) is 5.56 Å². The number of pyridine rings is 1. The van der Waals surface area contributed by atoms with Crippen molar-refractivity contribution in [3.8, 4) is 12.8 Å². The molecule has 0 bridgehead atoms. The van der Waals surface area contributed by atoms with Gasteiger partial charge in [-0.25, -0.2) is 0 Å². The molecule has 0 aliphatic carbocycles. The van der Waals surface area contributed by atoms with Crippen molar-refractivity contribution >= 4 is 10.8 Å². The second-order valence-corrected chi connectivity index (χ2v) is 2.90. The van der Waals surface area contributed by atoms with E-state index in [-0.39, 0.29) is 5.56 Å². The molecule has 0 spiro atoms. The van der Waals surface area contributed by atoms with E-state index in [1.54, 1.807) is 6.20 Å². The smallest absolute Gasteiger partial charge is 0.255 e. The zero-order chi connectivity index (χ0) is 10.6. The quantitative estimate of drug-likeness (QED) is 0.626. The van der Waals surface area contributed by atoms with E-state index in [0.29, 0.717) is 0 Å². The summed E-state index contributed by atoms with van der Waals surface area (Å²) in [5.41, 5.74) is 1.15. The zero-order valence-electron chi connectivity index (χ0n) is 7.95. The van der Waals surface area contributed by atoms with E-state index < -0.39 is 0 Å². The molecule has 1 N–H and O–H groups in total. The first-order valence-electron chi connectivity index (χ1n) is 4.19. The molecule has 0 amide bonds. The Bertz CT molecular complexity index is 508. The van der Waals surface area contributed by atoms with Crippen molar-refractivity contribution < 1.29 is 0 Å². The first kappa shape index (κ1) is 10.1. The molecule has 0 saturated carbocycles. The van der Waals surface area contributed by atoms with Crippen LogP contribution in [0.2, 0.25) is 0 Å². The van der Waals surface area contributed by atoms with E-state index in [1.807, 2.05) is 31.2 Å². The maximum atomic E-state index is 11.2. The Labute approximate surface area is 82.6 Å². The van der Waals surface area contributed by atoms with E-state index in [2.05, 4.69) is 17.8 Å². The molecule has 0 aliphatic heterocycles. The number of hydrogen-bond acceptors (Lipinski definition) is 1. The molecular weight excluding hydrogens is 174 g/mol. The monoisotopic (exact) mass is 185 g/mol. The van der Waals surface area contributed by atoms with Gasteiger partial charge in [0, 0.05) is 11.6 Å². The molecule has 2 heteroatoms. The van der Waals surface area contributed by atoms with Gasteiger partial charge in [0.1, 0.15) is 0 Å². The van der Waals surface area contributed by atoms with Crippen molar-refractivity contribution in [2.24, 2.45) is 0 Å². The molecule has 0 saturated heterocycles. The third-order valence-electron chi connectivity index (χ3n) is 1.93. The van der Waals surface area contributed by atoms with Crippen LogP contribution in [0.5, 0.6) is 0 Å². The van der Waals surface area contributed by atoms with Crippen molar-refractivity contribution in [1.29, 1.82) is 0 Å². The third kappa shape index (κ3) is 1.83. The van der Waals surface area contributed by atoms with Crippen molar-refractivity contribution in [3.05, 3.63) is 46.4 Å². The second kappa shape index (κ2) is 4.29. The number of hydrogen-bond donors (Lipinski definition) is 1. The average molecular weight is 185 g/mol. The minimum atomic E-state index is -0.0208. The maximum Gasteiger partial charge on any atom is 0.255 e. The number of terminal acetylenes is 1. The molecule has 0 atom stereocenters. The Morgan fingerprint density at radius 3 is 2.64 bits per heavy atom. The number of fused-ring (bicyclic) bond motifs is 1. The average Bonchev–Trinajstić information content (AvgIpc) is 2.21. The van der Waals surface area contributed by atoms with Crippen molar-refractivity contribution in [2.75, 3.05) is 0 Å². The predicted octanol–water partition coefficient (Wildman–Crippen LogP) is 2.09. The summed E-state index contributed by atoms with van der Waals surface area (Å²) in [6.45, 7) is 2.01. The molecule has 70 valence electrons. The maximum absolute atomic E-state index is 11.2. The minimum absolute atomic E-state index is 0.0208. The SMILES string of the molecule is C#C.Cc1ccc2c(=O)[nH]ccc2c1. The van der Waals surface area contributed by atoms with Gasteiger partial charge < -0.3 is 4.98 Å². The number of aromatic amines is 1. The van der Waals surface area contributed by atoms with Gasteiger partial charge >= 0.3 is 0 Å². The van der Waals surface area contributed by atoms with Crippen LogP contribution in [0.25, 0.3) is 10.8 Å². The van der Waals surface area contributed by atoms with E-state index >= 15 is 0 Å². The summed E-state index contributed by atoms with van der Waals surface area (Å²) in [5.74, 6) is 0. The van der Waals surface area contributed by atoms with Gasteiger partial charge in [0.25, 0.3) is 5.56 Å². The number of aryl methyl sites for hydroxylation is 1. The van der Waals surface area contributed by atoms with Crippen molar-refractivity contribution in [3.63, 3.8) is 0 Å². The highest BCUT2D eigenvalue weighted by Gasteiger charge is 1.95. The number of aromatic nitrogens is 1. The van der Waals surface area contributed by atoms with Gasteiger partial charge in [0.2, 0.25) is 0 Å². The van der Waals surface area contributed by atoms with E-state index in [0.717, 1.165) is 10.8 Å². The Morgan fingerprint density at radius 2 is 1.93 bits per heavy atom. The summed E-state index contributed by atoms with van der Waals surface area (Å²) in [5, 5.41) is 1.75. The van der Waals surface area contributed by atoms with Gasteiger partial charge in [-0.2, -0.15) is 0 Å². The fourth-order valence-corrected chi connectivity index (χ4v) is 1.31. The van der Waals surface area contributed by atoms with Gasteiger partial charge in [-0.1, -0.05) is 17.7 Å². The number of benzene rings is 1. The van der Waals surface area contributed by atoms with Crippen LogP contribution in [-0.2, 0) is 0 Å². The lowest BCUT2D eigenvalue weighted by molar-refractivity contribution is 1.27. The lowest BCUT2D eigenvalue weighted by Gasteiger charge is -1.96. The normalized spacial score (nSPS) is 9.07. The molecule has 14 heavy (non-hydrogen) atoms. The van der Waals surface area contributed by atoms with Crippen LogP contribution in [0.4, 0.5) is 0 Å². The summed E-state index contributed by atoms with van der Waals surface area (Å²) in [7, 11) is 0. The molecule has 0 aliphatic rings. The zero-order valence-corrected chi connectivity index (χ0v) is 7.95. The molecular formula is C12H11NO. The summed E-state index contributed by atoms with van der Waals surface area (Å²) >= 11 is 0. The van der Waals surface area contributed by atoms with E-state index in [9.17, 15) is 4.79 Å². The lowest BCUT2D eigenvalue weighted by Crippen LogP contribution is -2.03. The Balaban J connectivity index is 0.000000461. The summed E-state index contributed by atoms with van der Waals surface area (Å²) in [6.07, 6.45) is 9.67. The molecule has 0 fully saturated rings. The predicted molar refractivity (Wildman–Crippen MR) is 59.2 cm³/mol. The Kier molecular flexibility index (Phi) is 3.09. The van der Waals surface area contributed by atoms with Gasteiger partial charge in [-0.15, -0.1) is 12.8 Å². The molecule has 2 nitrogen and oxygen atoms in total. The molecule has 1 aromatic heterocycles. The second-order valence-electron chi connectivity index (χ2n) is 2.90. The van der Waals surface area contributed by atoms with Crippen LogP contribution < -0.4 is 5.56 Å². The topological polar surface area (TPSA) is 32.9 Å². The van der Waals surface area contributed by atoms with Gasteiger partial charge in [0.15, 0.2) is 0 Å². The Morgan fingerprint density at radius 1 is 1.21 bits per heavy atom. The highest BCUT2D eigenvalue weighted by atomic mass is 16.1. The number of nitrogens with one attached hydrogen (secondary N) is 1.